The summed E-state index contributed by atoms with van der Waals surface area (Å²) in [5.41, 5.74) is 0.741. The first-order valence-corrected chi connectivity index (χ1v) is 6.23. The van der Waals surface area contributed by atoms with E-state index in [1.807, 2.05) is 0 Å². The van der Waals surface area contributed by atoms with Gasteiger partial charge in [0.2, 0.25) is 5.91 Å². The fraction of sp³-hybridized carbons (Fsp3) is 0.200. The highest BCUT2D eigenvalue weighted by Gasteiger charge is 2.13. The van der Waals surface area contributed by atoms with E-state index in [1.54, 1.807) is 18.2 Å². The predicted molar refractivity (Wildman–Crippen MR) is 67.9 cm³/mol. The molecule has 0 aliphatic heterocycles. The van der Waals surface area contributed by atoms with Crippen LogP contribution in [-0.4, -0.2) is 24.3 Å². The van der Waals surface area contributed by atoms with Crippen molar-refractivity contribution in [3.8, 4) is 0 Å². The van der Waals surface area contributed by atoms with Crippen LogP contribution in [0.4, 0.5) is 5.69 Å². The molecule has 0 unspecified atom stereocenters. The zero-order valence-corrected chi connectivity index (χ0v) is 11.6. The molecular weight excluding hydrogens is 342 g/mol. The number of nitrogens with one attached hydrogen (secondary N) is 1. The standard InChI is InChI=1S/C10H9Br2NO3/c1-16-10(15)7-4-6(12)2-3-8(7)13-9(14)5-11/h2-4H,5H2,1H3,(H,13,14). The van der Waals surface area contributed by atoms with E-state index in [4.69, 9.17) is 0 Å². The van der Waals surface area contributed by atoms with Crippen molar-refractivity contribution in [2.45, 2.75) is 0 Å². The number of alkyl halides is 1. The molecule has 0 heterocycles. The Labute approximate surface area is 110 Å². The Morgan fingerprint density at radius 1 is 1.44 bits per heavy atom. The van der Waals surface area contributed by atoms with Crippen molar-refractivity contribution in [3.05, 3.63) is 28.2 Å². The number of benzene rings is 1. The second-order valence-electron chi connectivity index (χ2n) is 2.86. The lowest BCUT2D eigenvalue weighted by Crippen LogP contribution is -2.15. The van der Waals surface area contributed by atoms with Crippen molar-refractivity contribution in [2.24, 2.45) is 0 Å². The first-order chi connectivity index (χ1) is 7.58. The van der Waals surface area contributed by atoms with E-state index >= 15 is 0 Å². The molecule has 1 N–H and O–H groups in total. The van der Waals surface area contributed by atoms with Crippen molar-refractivity contribution in [3.63, 3.8) is 0 Å². The molecule has 0 atom stereocenters. The number of esters is 1. The van der Waals surface area contributed by atoms with Crippen molar-refractivity contribution in [1.29, 1.82) is 0 Å². The van der Waals surface area contributed by atoms with E-state index in [-0.39, 0.29) is 11.2 Å². The third-order valence-electron chi connectivity index (χ3n) is 1.78. The van der Waals surface area contributed by atoms with Crippen LogP contribution < -0.4 is 5.32 Å². The van der Waals surface area contributed by atoms with Gasteiger partial charge in [0.15, 0.2) is 0 Å². The second-order valence-corrected chi connectivity index (χ2v) is 4.34. The van der Waals surface area contributed by atoms with Crippen LogP contribution in [0, 0.1) is 0 Å². The average Bonchev–Trinajstić information content (AvgIpc) is 2.30. The number of ether oxygens (including phenoxy) is 1. The van der Waals surface area contributed by atoms with Crippen molar-refractivity contribution < 1.29 is 14.3 Å². The molecule has 6 heteroatoms. The van der Waals surface area contributed by atoms with E-state index in [0.29, 0.717) is 11.3 Å². The van der Waals surface area contributed by atoms with Crippen molar-refractivity contribution in [2.75, 3.05) is 17.8 Å². The molecule has 0 bridgehead atoms. The number of hydrogen-bond acceptors (Lipinski definition) is 3. The third-order valence-corrected chi connectivity index (χ3v) is 2.78. The first-order valence-electron chi connectivity index (χ1n) is 4.32. The molecule has 0 aliphatic rings. The molecule has 4 nitrogen and oxygen atoms in total. The quantitative estimate of drug-likeness (QED) is 0.673. The second kappa shape index (κ2) is 6.00. The Bertz CT molecular complexity index is 421. The van der Waals surface area contributed by atoms with Gasteiger partial charge in [0.25, 0.3) is 0 Å². The summed E-state index contributed by atoms with van der Waals surface area (Å²) in [6, 6.07) is 4.96. The SMILES string of the molecule is COC(=O)c1cc(Br)ccc1NC(=O)CBr. The lowest BCUT2D eigenvalue weighted by molar-refractivity contribution is -0.113. The van der Waals surface area contributed by atoms with Gasteiger partial charge >= 0.3 is 5.97 Å². The maximum Gasteiger partial charge on any atom is 0.340 e. The van der Waals surface area contributed by atoms with Gasteiger partial charge in [-0.3, -0.25) is 4.79 Å². The molecule has 0 saturated carbocycles. The Morgan fingerprint density at radius 2 is 2.12 bits per heavy atom. The molecule has 1 amide bonds. The number of hydrogen-bond donors (Lipinski definition) is 1. The molecule has 1 rings (SSSR count). The predicted octanol–water partition coefficient (Wildman–Crippen LogP) is 2.57. The van der Waals surface area contributed by atoms with Gasteiger partial charge in [0.1, 0.15) is 0 Å². The van der Waals surface area contributed by atoms with E-state index in [2.05, 4.69) is 41.9 Å². The molecule has 0 saturated heterocycles. The van der Waals surface area contributed by atoms with Crippen LogP contribution in [0.15, 0.2) is 22.7 Å². The van der Waals surface area contributed by atoms with Crippen LogP contribution in [0.5, 0.6) is 0 Å². The van der Waals surface area contributed by atoms with Crippen LogP contribution >= 0.6 is 31.9 Å². The maximum absolute atomic E-state index is 11.5. The highest BCUT2D eigenvalue weighted by Crippen LogP contribution is 2.21. The van der Waals surface area contributed by atoms with Crippen LogP contribution in [0.3, 0.4) is 0 Å². The van der Waals surface area contributed by atoms with Gasteiger partial charge in [-0.1, -0.05) is 31.9 Å². The largest absolute Gasteiger partial charge is 0.465 e. The summed E-state index contributed by atoms with van der Waals surface area (Å²) in [4.78, 5) is 22.7. The molecule has 0 radical (unpaired) electrons. The highest BCUT2D eigenvalue weighted by molar-refractivity contribution is 9.10. The summed E-state index contributed by atoms with van der Waals surface area (Å²) < 4.78 is 5.36. The molecule has 0 fully saturated rings. The van der Waals surface area contributed by atoms with Gasteiger partial charge in [-0.2, -0.15) is 0 Å². The number of carbonyl (C=O) groups excluding carboxylic acids is 2. The van der Waals surface area contributed by atoms with Crippen molar-refractivity contribution in [1.82, 2.24) is 0 Å². The van der Waals surface area contributed by atoms with Gasteiger partial charge < -0.3 is 10.1 Å². The molecular formula is C10H9Br2NO3. The summed E-state index contributed by atoms with van der Waals surface area (Å²) in [6.45, 7) is 0. The molecule has 86 valence electrons. The lowest BCUT2D eigenvalue weighted by atomic mass is 10.2. The normalized spacial score (nSPS) is 9.69. The van der Waals surface area contributed by atoms with E-state index in [9.17, 15) is 9.59 Å². The molecule has 0 spiro atoms. The molecule has 0 aromatic heterocycles. The average molecular weight is 351 g/mol. The Kier molecular flexibility index (Phi) is 4.95. The Balaban J connectivity index is 3.07. The monoisotopic (exact) mass is 349 g/mol. The van der Waals surface area contributed by atoms with Gasteiger partial charge in [-0.05, 0) is 18.2 Å². The third kappa shape index (κ3) is 3.31. The van der Waals surface area contributed by atoms with Gasteiger partial charge in [0, 0.05) is 4.47 Å². The summed E-state index contributed by atoms with van der Waals surface area (Å²) in [5, 5.41) is 2.77. The summed E-state index contributed by atoms with van der Waals surface area (Å²) in [6.07, 6.45) is 0. The van der Waals surface area contributed by atoms with Gasteiger partial charge in [-0.15, -0.1) is 0 Å². The number of methoxy groups -OCH3 is 1. The lowest BCUT2D eigenvalue weighted by Gasteiger charge is -2.09. The molecule has 1 aromatic carbocycles. The minimum absolute atomic E-state index is 0.170. The van der Waals surface area contributed by atoms with E-state index in [0.717, 1.165) is 4.47 Å². The van der Waals surface area contributed by atoms with Gasteiger partial charge in [0.05, 0.1) is 23.7 Å². The number of halogens is 2. The summed E-state index contributed by atoms with van der Waals surface area (Å²) in [7, 11) is 1.29. The highest BCUT2D eigenvalue weighted by atomic mass is 79.9. The number of anilines is 1. The number of carbonyl (C=O) groups is 2. The van der Waals surface area contributed by atoms with Crippen LogP contribution in [0.2, 0.25) is 0 Å². The van der Waals surface area contributed by atoms with Crippen LogP contribution in [-0.2, 0) is 9.53 Å². The first kappa shape index (κ1) is 13.2. The molecule has 1 aromatic rings. The summed E-state index contributed by atoms with van der Waals surface area (Å²) >= 11 is 6.28. The molecule has 16 heavy (non-hydrogen) atoms. The number of rotatable bonds is 3. The van der Waals surface area contributed by atoms with Crippen LogP contribution in [0.1, 0.15) is 10.4 Å². The minimum atomic E-state index is -0.494. The van der Waals surface area contributed by atoms with E-state index < -0.39 is 5.97 Å². The van der Waals surface area contributed by atoms with Crippen LogP contribution in [0.25, 0.3) is 0 Å². The zero-order chi connectivity index (χ0) is 12.1. The fourth-order valence-electron chi connectivity index (χ4n) is 1.09. The number of amides is 1. The van der Waals surface area contributed by atoms with Gasteiger partial charge in [-0.25, -0.2) is 4.79 Å². The topological polar surface area (TPSA) is 55.4 Å². The Morgan fingerprint density at radius 3 is 2.69 bits per heavy atom. The maximum atomic E-state index is 11.5. The minimum Gasteiger partial charge on any atom is -0.465 e. The summed E-state index contributed by atoms with van der Waals surface area (Å²) in [5.74, 6) is -0.723. The zero-order valence-electron chi connectivity index (χ0n) is 8.42. The fourth-order valence-corrected chi connectivity index (χ4v) is 1.59. The van der Waals surface area contributed by atoms with Crippen molar-refractivity contribution >= 4 is 49.4 Å². The van der Waals surface area contributed by atoms with E-state index in [1.165, 1.54) is 7.11 Å². The molecule has 0 aliphatic carbocycles. The Hall–Kier alpha value is -0.880. The smallest absolute Gasteiger partial charge is 0.340 e.